The molecular formula is C31H38N2O3. The first kappa shape index (κ1) is 25.9. The standard InChI is InChI=1S/C31H38N2O3/c1-31(2,32-20-9-10-21-32)25-35-23-11-22-33(30(34)27-14-7-4-8-15-27)28-16-18-29(19-17-28)36-24-26-12-5-3-6-13-26/h3-8,12-19H,9-11,20-25H2,1-2H3. The zero-order chi connectivity index (χ0) is 25.2. The Hall–Kier alpha value is -3.15. The smallest absolute Gasteiger partial charge is 0.258 e. The van der Waals surface area contributed by atoms with Gasteiger partial charge in [-0.3, -0.25) is 9.69 Å². The molecule has 5 nitrogen and oxygen atoms in total. The summed E-state index contributed by atoms with van der Waals surface area (Å²) in [4.78, 5) is 17.7. The van der Waals surface area contributed by atoms with Crippen molar-refractivity contribution in [3.8, 4) is 5.75 Å². The molecule has 3 aromatic rings. The summed E-state index contributed by atoms with van der Waals surface area (Å²) in [5.41, 5.74) is 2.70. The third-order valence-corrected chi connectivity index (χ3v) is 6.75. The molecule has 0 N–H and O–H groups in total. The van der Waals surface area contributed by atoms with Crippen LogP contribution in [0.2, 0.25) is 0 Å². The zero-order valence-electron chi connectivity index (χ0n) is 21.6. The molecule has 36 heavy (non-hydrogen) atoms. The summed E-state index contributed by atoms with van der Waals surface area (Å²) >= 11 is 0. The van der Waals surface area contributed by atoms with E-state index in [9.17, 15) is 4.79 Å². The van der Waals surface area contributed by atoms with Crippen molar-refractivity contribution in [2.45, 2.75) is 45.3 Å². The lowest BCUT2D eigenvalue weighted by molar-refractivity contribution is 0.0229. The lowest BCUT2D eigenvalue weighted by atomic mass is 10.1. The molecular weight excluding hydrogens is 448 g/mol. The number of anilines is 1. The molecule has 0 saturated carbocycles. The van der Waals surface area contributed by atoms with Crippen LogP contribution in [0.4, 0.5) is 5.69 Å². The van der Waals surface area contributed by atoms with Crippen LogP contribution in [0.5, 0.6) is 5.75 Å². The first-order valence-corrected chi connectivity index (χ1v) is 13.0. The second-order valence-corrected chi connectivity index (χ2v) is 10.0. The van der Waals surface area contributed by atoms with Gasteiger partial charge in [-0.25, -0.2) is 0 Å². The van der Waals surface area contributed by atoms with Crippen molar-refractivity contribution in [1.29, 1.82) is 0 Å². The van der Waals surface area contributed by atoms with Crippen LogP contribution < -0.4 is 9.64 Å². The van der Waals surface area contributed by atoms with Crippen LogP contribution in [0.15, 0.2) is 84.9 Å². The van der Waals surface area contributed by atoms with E-state index in [1.165, 1.54) is 12.8 Å². The summed E-state index contributed by atoms with van der Waals surface area (Å²) in [7, 11) is 0. The normalized spacial score (nSPS) is 14.1. The maximum atomic E-state index is 13.4. The summed E-state index contributed by atoms with van der Waals surface area (Å²) in [6, 6.07) is 27.3. The molecule has 0 aliphatic carbocycles. The van der Waals surface area contributed by atoms with Crippen molar-refractivity contribution < 1.29 is 14.3 Å². The highest BCUT2D eigenvalue weighted by Gasteiger charge is 2.29. The summed E-state index contributed by atoms with van der Waals surface area (Å²) in [6.07, 6.45) is 3.31. The minimum absolute atomic E-state index is 0.00838. The van der Waals surface area contributed by atoms with E-state index in [1.54, 1.807) is 0 Å². The fourth-order valence-corrected chi connectivity index (χ4v) is 4.61. The number of amides is 1. The van der Waals surface area contributed by atoms with Gasteiger partial charge in [0.2, 0.25) is 0 Å². The highest BCUT2D eigenvalue weighted by atomic mass is 16.5. The third-order valence-electron chi connectivity index (χ3n) is 6.75. The number of hydrogen-bond acceptors (Lipinski definition) is 4. The number of hydrogen-bond donors (Lipinski definition) is 0. The van der Waals surface area contributed by atoms with Gasteiger partial charge < -0.3 is 14.4 Å². The second kappa shape index (κ2) is 12.7. The molecule has 5 heteroatoms. The van der Waals surface area contributed by atoms with Crippen LogP contribution in [0, 0.1) is 0 Å². The van der Waals surface area contributed by atoms with Gasteiger partial charge in [-0.05, 0) is 88.2 Å². The molecule has 190 valence electrons. The van der Waals surface area contributed by atoms with Crippen LogP contribution in [0.25, 0.3) is 0 Å². The predicted octanol–water partition coefficient (Wildman–Crippen LogP) is 6.19. The molecule has 1 heterocycles. The molecule has 1 aliphatic rings. The topological polar surface area (TPSA) is 42.0 Å². The number of carbonyl (C=O) groups excluding carboxylic acids is 1. The third kappa shape index (κ3) is 7.19. The molecule has 3 aromatic carbocycles. The second-order valence-electron chi connectivity index (χ2n) is 10.0. The van der Waals surface area contributed by atoms with Crippen molar-refractivity contribution in [3.05, 3.63) is 96.1 Å². The molecule has 0 atom stereocenters. The SMILES string of the molecule is CC(C)(COCCCN(C(=O)c1ccccc1)c1ccc(OCc2ccccc2)cc1)N1CCCC1. The van der Waals surface area contributed by atoms with Gasteiger partial charge in [-0.1, -0.05) is 48.5 Å². The summed E-state index contributed by atoms with van der Waals surface area (Å²) in [5, 5.41) is 0. The molecule has 4 rings (SSSR count). The molecule has 0 radical (unpaired) electrons. The number of likely N-dealkylation sites (tertiary alicyclic amines) is 1. The van der Waals surface area contributed by atoms with E-state index < -0.39 is 0 Å². The zero-order valence-corrected chi connectivity index (χ0v) is 21.6. The number of nitrogens with zero attached hydrogens (tertiary/aromatic N) is 2. The van der Waals surface area contributed by atoms with E-state index in [-0.39, 0.29) is 11.4 Å². The first-order valence-electron chi connectivity index (χ1n) is 13.0. The van der Waals surface area contributed by atoms with Crippen LogP contribution >= 0.6 is 0 Å². The maximum absolute atomic E-state index is 13.4. The minimum Gasteiger partial charge on any atom is -0.489 e. The van der Waals surface area contributed by atoms with Gasteiger partial charge in [-0.15, -0.1) is 0 Å². The van der Waals surface area contributed by atoms with Gasteiger partial charge in [0.1, 0.15) is 12.4 Å². The number of benzene rings is 3. The first-order chi connectivity index (χ1) is 17.5. The number of rotatable bonds is 12. The molecule has 0 aromatic heterocycles. The van der Waals surface area contributed by atoms with Crippen LogP contribution in [0.3, 0.4) is 0 Å². The molecule has 1 fully saturated rings. The van der Waals surface area contributed by atoms with E-state index >= 15 is 0 Å². The van der Waals surface area contributed by atoms with Crippen LogP contribution in [-0.4, -0.2) is 49.2 Å². The lowest BCUT2D eigenvalue weighted by Crippen LogP contribution is -2.45. The maximum Gasteiger partial charge on any atom is 0.258 e. The Balaban J connectivity index is 1.35. The van der Waals surface area contributed by atoms with Gasteiger partial charge in [0.15, 0.2) is 0 Å². The fourth-order valence-electron chi connectivity index (χ4n) is 4.61. The molecule has 0 unspecified atom stereocenters. The highest BCUT2D eigenvalue weighted by Crippen LogP contribution is 2.24. The van der Waals surface area contributed by atoms with Gasteiger partial charge in [0.05, 0.1) is 6.61 Å². The number of carbonyl (C=O) groups is 1. The van der Waals surface area contributed by atoms with Crippen molar-refractivity contribution in [2.75, 3.05) is 37.7 Å². The van der Waals surface area contributed by atoms with E-state index in [4.69, 9.17) is 9.47 Å². The Bertz CT molecular complexity index is 1060. The summed E-state index contributed by atoms with van der Waals surface area (Å²) in [5.74, 6) is 0.771. The predicted molar refractivity (Wildman–Crippen MR) is 146 cm³/mol. The van der Waals surface area contributed by atoms with Crippen LogP contribution in [-0.2, 0) is 11.3 Å². The van der Waals surface area contributed by atoms with E-state index in [0.717, 1.165) is 36.5 Å². The van der Waals surface area contributed by atoms with Gasteiger partial charge in [0, 0.05) is 29.9 Å². The quantitative estimate of drug-likeness (QED) is 0.286. The summed E-state index contributed by atoms with van der Waals surface area (Å²) < 4.78 is 12.0. The summed E-state index contributed by atoms with van der Waals surface area (Å²) in [6.45, 7) is 9.23. The monoisotopic (exact) mass is 486 g/mol. The average molecular weight is 487 g/mol. The lowest BCUT2D eigenvalue weighted by Gasteiger charge is -2.35. The minimum atomic E-state index is -0.00838. The molecule has 1 saturated heterocycles. The van der Waals surface area contributed by atoms with Gasteiger partial charge in [-0.2, -0.15) is 0 Å². The van der Waals surface area contributed by atoms with Crippen LogP contribution in [0.1, 0.15) is 49.0 Å². The van der Waals surface area contributed by atoms with Crippen molar-refractivity contribution in [3.63, 3.8) is 0 Å². The Morgan fingerprint density at radius 2 is 1.53 bits per heavy atom. The highest BCUT2D eigenvalue weighted by molar-refractivity contribution is 6.06. The van der Waals surface area contributed by atoms with E-state index in [0.29, 0.717) is 31.9 Å². The van der Waals surface area contributed by atoms with E-state index in [2.05, 4.69) is 18.7 Å². The van der Waals surface area contributed by atoms with Crippen molar-refractivity contribution in [1.82, 2.24) is 4.90 Å². The number of ether oxygens (including phenoxy) is 2. The molecule has 0 bridgehead atoms. The van der Waals surface area contributed by atoms with Gasteiger partial charge >= 0.3 is 0 Å². The van der Waals surface area contributed by atoms with E-state index in [1.807, 2.05) is 89.8 Å². The Morgan fingerprint density at radius 1 is 0.889 bits per heavy atom. The van der Waals surface area contributed by atoms with Crippen molar-refractivity contribution >= 4 is 11.6 Å². The Labute approximate surface area is 215 Å². The largest absolute Gasteiger partial charge is 0.489 e. The fraction of sp³-hybridized carbons (Fsp3) is 0.387. The molecule has 1 amide bonds. The van der Waals surface area contributed by atoms with Crippen molar-refractivity contribution in [2.24, 2.45) is 0 Å². The Kier molecular flexibility index (Phi) is 9.15. The Morgan fingerprint density at radius 3 is 2.19 bits per heavy atom. The average Bonchev–Trinajstić information content (AvgIpc) is 3.47. The van der Waals surface area contributed by atoms with Gasteiger partial charge in [0.25, 0.3) is 5.91 Å². The molecule has 0 spiro atoms. The molecule has 1 aliphatic heterocycles.